The van der Waals surface area contributed by atoms with Crippen LogP contribution in [0.3, 0.4) is 0 Å². The van der Waals surface area contributed by atoms with E-state index in [-0.39, 0.29) is 12.6 Å². The lowest BCUT2D eigenvalue weighted by molar-refractivity contribution is 0.0156. The maximum absolute atomic E-state index is 10.6. The van der Waals surface area contributed by atoms with Crippen molar-refractivity contribution in [2.45, 2.75) is 45.9 Å². The average Bonchev–Trinajstić information content (AvgIpc) is 3.15. The third-order valence-corrected chi connectivity index (χ3v) is 5.94. The Morgan fingerprint density at radius 1 is 1.15 bits per heavy atom. The minimum absolute atomic E-state index is 0.255. The lowest BCUT2D eigenvalue weighted by Gasteiger charge is -2.30. The van der Waals surface area contributed by atoms with Gasteiger partial charge in [0, 0.05) is 31.7 Å². The molecule has 6 nitrogen and oxygen atoms in total. The van der Waals surface area contributed by atoms with Crippen LogP contribution in [0.5, 0.6) is 11.6 Å². The summed E-state index contributed by atoms with van der Waals surface area (Å²) in [7, 11) is 1.91. The molecule has 0 bridgehead atoms. The van der Waals surface area contributed by atoms with E-state index >= 15 is 0 Å². The predicted octanol–water partition coefficient (Wildman–Crippen LogP) is 5.35. The number of benzene rings is 2. The Morgan fingerprint density at radius 3 is 2.50 bits per heavy atom. The molecule has 3 rings (SSSR count). The molecule has 0 radical (unpaired) electrons. The normalized spacial score (nSPS) is 13.1. The van der Waals surface area contributed by atoms with Crippen molar-refractivity contribution in [1.29, 1.82) is 0 Å². The Labute approximate surface area is 203 Å². The van der Waals surface area contributed by atoms with Gasteiger partial charge in [-0.3, -0.25) is 4.90 Å². The zero-order chi connectivity index (χ0) is 24.5. The Morgan fingerprint density at radius 2 is 1.85 bits per heavy atom. The van der Waals surface area contributed by atoms with Crippen molar-refractivity contribution < 1.29 is 14.6 Å². The monoisotopic (exact) mass is 463 g/mol. The first-order valence-corrected chi connectivity index (χ1v) is 11.9. The van der Waals surface area contributed by atoms with Gasteiger partial charge in [-0.2, -0.15) is 5.10 Å². The number of rotatable bonds is 13. The summed E-state index contributed by atoms with van der Waals surface area (Å²) in [4.78, 5) is 2.27. The fraction of sp³-hybridized carbons (Fsp3) is 0.393. The summed E-state index contributed by atoms with van der Waals surface area (Å²) in [6.45, 7) is 11.8. The second-order valence-electron chi connectivity index (χ2n) is 8.70. The number of aromatic nitrogens is 2. The summed E-state index contributed by atoms with van der Waals surface area (Å²) < 4.78 is 13.7. The summed E-state index contributed by atoms with van der Waals surface area (Å²) >= 11 is 0. The van der Waals surface area contributed by atoms with Crippen LogP contribution in [0, 0.1) is 6.92 Å². The van der Waals surface area contributed by atoms with Gasteiger partial charge in [-0.25, -0.2) is 4.68 Å². The van der Waals surface area contributed by atoms with Crippen LogP contribution < -0.4 is 4.74 Å². The minimum atomic E-state index is -0.604. The summed E-state index contributed by atoms with van der Waals surface area (Å²) in [5.41, 5.74) is 4.09. The Bertz CT molecular complexity index is 1030. The number of ether oxygens (including phenoxy) is 2. The first kappa shape index (κ1) is 25.7. The molecule has 34 heavy (non-hydrogen) atoms. The van der Waals surface area contributed by atoms with Gasteiger partial charge in [-0.05, 0) is 32.4 Å². The molecular formula is C28H37N3O3. The second kappa shape index (κ2) is 12.5. The van der Waals surface area contributed by atoms with Crippen molar-refractivity contribution in [3.63, 3.8) is 0 Å². The molecule has 0 saturated carbocycles. The molecule has 3 aromatic rings. The quantitative estimate of drug-likeness (QED) is 0.273. The molecule has 0 aliphatic rings. The molecule has 1 N–H and O–H groups in total. The molecule has 0 aliphatic heterocycles. The molecule has 6 heteroatoms. The van der Waals surface area contributed by atoms with Gasteiger partial charge in [-0.15, -0.1) is 6.58 Å². The first-order chi connectivity index (χ1) is 16.4. The van der Waals surface area contributed by atoms with Gasteiger partial charge in [-0.1, -0.05) is 61.0 Å². The van der Waals surface area contributed by atoms with E-state index in [1.165, 1.54) is 5.56 Å². The molecule has 0 saturated heterocycles. The molecule has 182 valence electrons. The van der Waals surface area contributed by atoms with Crippen molar-refractivity contribution in [2.24, 2.45) is 7.05 Å². The van der Waals surface area contributed by atoms with E-state index in [0.29, 0.717) is 25.6 Å². The van der Waals surface area contributed by atoms with Crippen LogP contribution in [0.2, 0.25) is 0 Å². The van der Waals surface area contributed by atoms with Gasteiger partial charge in [0.15, 0.2) is 0 Å². The molecule has 1 aromatic heterocycles. The molecule has 0 amide bonds. The maximum Gasteiger partial charge on any atom is 0.222 e. The van der Waals surface area contributed by atoms with Crippen LogP contribution in [0.4, 0.5) is 0 Å². The SMILES string of the molecule is C=CCOC[C@@H](O)CN(Cc1c(-c2ccccc2)nn(C)c1Oc1ccc(C)cc1)[C@@H](C)CC. The summed E-state index contributed by atoms with van der Waals surface area (Å²) in [5.74, 6) is 1.47. The number of hydrogen-bond donors (Lipinski definition) is 1. The van der Waals surface area contributed by atoms with Gasteiger partial charge < -0.3 is 14.6 Å². The summed E-state index contributed by atoms with van der Waals surface area (Å²) in [6, 6.07) is 18.4. The molecule has 0 spiro atoms. The van der Waals surface area contributed by atoms with E-state index in [9.17, 15) is 5.11 Å². The van der Waals surface area contributed by atoms with Crippen LogP contribution >= 0.6 is 0 Å². The predicted molar refractivity (Wildman–Crippen MR) is 137 cm³/mol. The highest BCUT2D eigenvalue weighted by Crippen LogP contribution is 2.34. The standard InChI is InChI=1S/C28H37N3O3/c1-6-17-33-20-24(32)18-31(22(4)7-2)19-26-27(23-11-9-8-10-12-23)29-30(5)28(26)34-25-15-13-21(3)14-16-25/h6,8-16,22,24,32H,1,7,17-20H2,2-5H3/t22-,24-/m0/s1. The third-order valence-electron chi connectivity index (χ3n) is 5.94. The van der Waals surface area contributed by atoms with Crippen LogP contribution in [0.25, 0.3) is 11.3 Å². The topological polar surface area (TPSA) is 59.8 Å². The molecular weight excluding hydrogens is 426 g/mol. The molecule has 2 atom stereocenters. The highest BCUT2D eigenvalue weighted by atomic mass is 16.5. The largest absolute Gasteiger partial charge is 0.439 e. The van der Waals surface area contributed by atoms with Crippen LogP contribution in [0.15, 0.2) is 67.3 Å². The van der Waals surface area contributed by atoms with Crippen molar-refractivity contribution in [3.05, 3.63) is 78.4 Å². The van der Waals surface area contributed by atoms with E-state index in [0.717, 1.165) is 29.0 Å². The van der Waals surface area contributed by atoms with Crippen LogP contribution in [-0.4, -0.2) is 51.7 Å². The van der Waals surface area contributed by atoms with Gasteiger partial charge in [0.25, 0.3) is 0 Å². The van der Waals surface area contributed by atoms with E-state index in [2.05, 4.69) is 44.4 Å². The van der Waals surface area contributed by atoms with E-state index in [1.54, 1.807) is 10.8 Å². The number of nitrogens with zero attached hydrogens (tertiary/aromatic N) is 3. The third kappa shape index (κ3) is 6.79. The highest BCUT2D eigenvalue weighted by Gasteiger charge is 2.25. The van der Waals surface area contributed by atoms with E-state index in [4.69, 9.17) is 14.6 Å². The lowest BCUT2D eigenvalue weighted by Crippen LogP contribution is -2.40. The van der Waals surface area contributed by atoms with Gasteiger partial charge in [0.1, 0.15) is 11.4 Å². The van der Waals surface area contributed by atoms with Gasteiger partial charge >= 0.3 is 0 Å². The van der Waals surface area contributed by atoms with Gasteiger partial charge in [0.05, 0.1) is 24.9 Å². The lowest BCUT2D eigenvalue weighted by atomic mass is 10.1. The van der Waals surface area contributed by atoms with E-state index < -0.39 is 6.10 Å². The molecule has 0 unspecified atom stereocenters. The highest BCUT2D eigenvalue weighted by molar-refractivity contribution is 5.65. The fourth-order valence-electron chi connectivity index (χ4n) is 3.84. The smallest absolute Gasteiger partial charge is 0.222 e. The Kier molecular flexibility index (Phi) is 9.45. The average molecular weight is 464 g/mol. The van der Waals surface area contributed by atoms with Crippen molar-refractivity contribution >= 4 is 0 Å². The van der Waals surface area contributed by atoms with Crippen molar-refractivity contribution in [1.82, 2.24) is 14.7 Å². The number of aliphatic hydroxyl groups is 1. The Balaban J connectivity index is 1.96. The summed E-state index contributed by atoms with van der Waals surface area (Å²) in [5, 5.41) is 15.5. The zero-order valence-electron chi connectivity index (χ0n) is 20.8. The van der Waals surface area contributed by atoms with Crippen molar-refractivity contribution in [3.8, 4) is 22.9 Å². The maximum atomic E-state index is 10.6. The minimum Gasteiger partial charge on any atom is -0.439 e. The fourth-order valence-corrected chi connectivity index (χ4v) is 3.84. The van der Waals surface area contributed by atoms with E-state index in [1.807, 2.05) is 49.5 Å². The second-order valence-corrected chi connectivity index (χ2v) is 8.70. The summed E-state index contributed by atoms with van der Waals surface area (Å²) in [6.07, 6.45) is 2.04. The zero-order valence-corrected chi connectivity index (χ0v) is 20.8. The van der Waals surface area contributed by atoms with Crippen LogP contribution in [-0.2, 0) is 18.3 Å². The van der Waals surface area contributed by atoms with Crippen molar-refractivity contribution in [2.75, 3.05) is 19.8 Å². The molecule has 1 heterocycles. The number of aryl methyl sites for hydroxylation is 2. The Hall–Kier alpha value is -2.93. The molecule has 0 fully saturated rings. The first-order valence-electron chi connectivity index (χ1n) is 11.9. The van der Waals surface area contributed by atoms with Crippen LogP contribution in [0.1, 0.15) is 31.4 Å². The van der Waals surface area contributed by atoms with Gasteiger partial charge in [0.2, 0.25) is 5.88 Å². The number of aliphatic hydroxyl groups excluding tert-OH is 1. The number of hydrogen-bond acceptors (Lipinski definition) is 5. The molecule has 0 aliphatic carbocycles. The molecule has 2 aromatic carbocycles.